The summed E-state index contributed by atoms with van der Waals surface area (Å²) in [5, 5.41) is 0. The predicted molar refractivity (Wildman–Crippen MR) is 46.9 cm³/mol. The summed E-state index contributed by atoms with van der Waals surface area (Å²) in [6.07, 6.45) is -4.96. The molecule has 0 N–H and O–H groups in total. The molecule has 0 saturated carbocycles. The second kappa shape index (κ2) is 6.60. The largest absolute Gasteiger partial charge is 1.00 e. The summed E-state index contributed by atoms with van der Waals surface area (Å²) in [6.45, 7) is 0. The van der Waals surface area contributed by atoms with Crippen LogP contribution in [0.4, 0.5) is 13.2 Å². The third-order valence-electron chi connectivity index (χ3n) is 1.56. The SMILES string of the molecule is COc1cccc(OC(F)(F)F)c1S(=O)[O-].[Na+]. The monoisotopic (exact) mass is 278 g/mol. The van der Waals surface area contributed by atoms with Crippen LogP contribution >= 0.6 is 0 Å². The molecule has 0 saturated heterocycles. The summed E-state index contributed by atoms with van der Waals surface area (Å²) in [6, 6.07) is 3.30. The Morgan fingerprint density at radius 2 is 1.82 bits per heavy atom. The fourth-order valence-electron chi connectivity index (χ4n) is 1.03. The van der Waals surface area contributed by atoms with Gasteiger partial charge in [0, 0.05) is 0 Å². The van der Waals surface area contributed by atoms with Crippen LogP contribution in [0.5, 0.6) is 11.5 Å². The van der Waals surface area contributed by atoms with Gasteiger partial charge in [-0.15, -0.1) is 13.2 Å². The Kier molecular flexibility index (Phi) is 6.49. The van der Waals surface area contributed by atoms with Crippen molar-refractivity contribution < 1.29 is 61.0 Å². The second-order valence-corrected chi connectivity index (χ2v) is 3.45. The van der Waals surface area contributed by atoms with Crippen molar-refractivity contribution in [1.82, 2.24) is 0 Å². The molecule has 0 amide bonds. The summed E-state index contributed by atoms with van der Waals surface area (Å²) < 4.78 is 65.6. The van der Waals surface area contributed by atoms with E-state index in [1.165, 1.54) is 12.1 Å². The zero-order valence-electron chi connectivity index (χ0n) is 8.91. The number of benzene rings is 1. The van der Waals surface area contributed by atoms with Gasteiger partial charge in [0.15, 0.2) is 0 Å². The van der Waals surface area contributed by atoms with Crippen LogP contribution in [0.15, 0.2) is 23.1 Å². The minimum atomic E-state index is -4.96. The summed E-state index contributed by atoms with van der Waals surface area (Å²) in [5.74, 6) is -1.03. The number of hydrogen-bond donors (Lipinski definition) is 0. The van der Waals surface area contributed by atoms with Crippen LogP contribution in [0, 0.1) is 0 Å². The number of ether oxygens (including phenoxy) is 2. The molecule has 0 aliphatic heterocycles. The van der Waals surface area contributed by atoms with Gasteiger partial charge in [0.2, 0.25) is 0 Å². The third kappa shape index (κ3) is 4.84. The quantitative estimate of drug-likeness (QED) is 0.517. The molecular weight excluding hydrogens is 272 g/mol. The van der Waals surface area contributed by atoms with Crippen LogP contribution in [-0.2, 0) is 11.1 Å². The molecule has 0 aliphatic carbocycles. The molecule has 9 heteroatoms. The summed E-state index contributed by atoms with van der Waals surface area (Å²) in [7, 11) is 1.14. The molecule has 1 aromatic rings. The van der Waals surface area contributed by atoms with Crippen molar-refractivity contribution in [2.75, 3.05) is 7.11 Å². The molecule has 1 unspecified atom stereocenters. The van der Waals surface area contributed by atoms with E-state index in [0.717, 1.165) is 13.2 Å². The average Bonchev–Trinajstić information content (AvgIpc) is 2.14. The van der Waals surface area contributed by atoms with E-state index in [2.05, 4.69) is 9.47 Å². The predicted octanol–water partition coefficient (Wildman–Crippen LogP) is -1.16. The molecule has 0 heterocycles. The van der Waals surface area contributed by atoms with Gasteiger partial charge in [0.1, 0.15) is 16.4 Å². The zero-order chi connectivity index (χ0) is 12.3. The van der Waals surface area contributed by atoms with Crippen LogP contribution in [0.2, 0.25) is 0 Å². The first-order valence-electron chi connectivity index (χ1n) is 3.87. The van der Waals surface area contributed by atoms with Crippen molar-refractivity contribution in [3.63, 3.8) is 0 Å². The van der Waals surface area contributed by atoms with Gasteiger partial charge >= 0.3 is 35.9 Å². The molecule has 0 aromatic heterocycles. The Bertz CT molecular complexity index is 410. The standard InChI is InChI=1S/C8H7F3O4S.Na/c1-14-5-3-2-4-6(7(5)16(12)13)15-8(9,10)11;/h2-4H,1H3,(H,12,13);/q;+1/p-1. The Morgan fingerprint density at radius 3 is 2.24 bits per heavy atom. The van der Waals surface area contributed by atoms with Crippen LogP contribution in [0.3, 0.4) is 0 Å². The first kappa shape index (κ1) is 16.7. The maximum Gasteiger partial charge on any atom is 1.00 e. The molecule has 0 radical (unpaired) electrons. The maximum atomic E-state index is 12.0. The van der Waals surface area contributed by atoms with Gasteiger partial charge in [0.25, 0.3) is 0 Å². The molecule has 0 spiro atoms. The van der Waals surface area contributed by atoms with E-state index < -0.39 is 28.1 Å². The minimum absolute atomic E-state index is 0. The van der Waals surface area contributed by atoms with E-state index in [9.17, 15) is 21.9 Å². The minimum Gasteiger partial charge on any atom is -0.768 e. The normalized spacial score (nSPS) is 12.5. The van der Waals surface area contributed by atoms with E-state index in [0.29, 0.717) is 0 Å². The van der Waals surface area contributed by atoms with Gasteiger partial charge in [-0.2, -0.15) is 0 Å². The van der Waals surface area contributed by atoms with Crippen LogP contribution in [0.1, 0.15) is 0 Å². The number of methoxy groups -OCH3 is 1. The topological polar surface area (TPSA) is 58.6 Å². The van der Waals surface area contributed by atoms with Gasteiger partial charge in [-0.3, -0.25) is 4.21 Å². The van der Waals surface area contributed by atoms with E-state index >= 15 is 0 Å². The molecule has 1 atom stereocenters. The Labute approximate surface area is 120 Å². The molecule has 0 fully saturated rings. The first-order valence-corrected chi connectivity index (χ1v) is 4.94. The van der Waals surface area contributed by atoms with Crippen molar-refractivity contribution in [2.24, 2.45) is 0 Å². The molecular formula is C8H6F3NaO4S. The Balaban J connectivity index is 0.00000256. The van der Waals surface area contributed by atoms with Crippen molar-refractivity contribution in [3.8, 4) is 11.5 Å². The third-order valence-corrected chi connectivity index (χ3v) is 2.29. The number of halogens is 3. The van der Waals surface area contributed by atoms with E-state index in [4.69, 9.17) is 0 Å². The van der Waals surface area contributed by atoms with Gasteiger partial charge in [0.05, 0.1) is 7.11 Å². The average molecular weight is 278 g/mol. The molecule has 0 bridgehead atoms. The molecule has 90 valence electrons. The van der Waals surface area contributed by atoms with Crippen molar-refractivity contribution in [3.05, 3.63) is 18.2 Å². The Hall–Kier alpha value is -0.280. The number of rotatable bonds is 3. The van der Waals surface area contributed by atoms with Gasteiger partial charge in [-0.25, -0.2) is 0 Å². The van der Waals surface area contributed by atoms with Crippen molar-refractivity contribution in [1.29, 1.82) is 0 Å². The van der Waals surface area contributed by atoms with Gasteiger partial charge in [-0.1, -0.05) is 6.07 Å². The molecule has 1 aromatic carbocycles. The smallest absolute Gasteiger partial charge is 0.768 e. The van der Waals surface area contributed by atoms with E-state index in [1.54, 1.807) is 0 Å². The fourth-order valence-corrected chi connectivity index (χ4v) is 1.62. The number of alkyl halides is 3. The molecule has 4 nitrogen and oxygen atoms in total. The van der Waals surface area contributed by atoms with Crippen LogP contribution in [0.25, 0.3) is 0 Å². The van der Waals surface area contributed by atoms with Crippen molar-refractivity contribution in [2.45, 2.75) is 11.3 Å². The molecule has 0 aliphatic rings. The van der Waals surface area contributed by atoms with Crippen LogP contribution < -0.4 is 39.0 Å². The van der Waals surface area contributed by atoms with Gasteiger partial charge in [-0.05, 0) is 23.2 Å². The molecule has 17 heavy (non-hydrogen) atoms. The summed E-state index contributed by atoms with van der Waals surface area (Å²) in [5.41, 5.74) is 0. The van der Waals surface area contributed by atoms with Crippen LogP contribution in [-0.4, -0.2) is 22.2 Å². The Morgan fingerprint density at radius 1 is 1.29 bits per heavy atom. The number of hydrogen-bond acceptors (Lipinski definition) is 4. The van der Waals surface area contributed by atoms with E-state index in [1.807, 2.05) is 0 Å². The van der Waals surface area contributed by atoms with Crippen molar-refractivity contribution >= 4 is 11.1 Å². The summed E-state index contributed by atoms with van der Waals surface area (Å²) in [4.78, 5) is -0.665. The second-order valence-electron chi connectivity index (χ2n) is 2.57. The summed E-state index contributed by atoms with van der Waals surface area (Å²) >= 11 is -2.89. The maximum absolute atomic E-state index is 12.0. The van der Waals surface area contributed by atoms with E-state index in [-0.39, 0.29) is 35.3 Å². The van der Waals surface area contributed by atoms with Gasteiger partial charge < -0.3 is 14.0 Å². The first-order chi connectivity index (χ1) is 7.35. The zero-order valence-corrected chi connectivity index (χ0v) is 11.7. The molecule has 1 rings (SSSR count). The fraction of sp³-hybridized carbons (Fsp3) is 0.250.